The summed E-state index contributed by atoms with van der Waals surface area (Å²) >= 11 is 6.56. The minimum Gasteiger partial charge on any atom is -0.506 e. The van der Waals surface area contributed by atoms with E-state index in [1.165, 1.54) is 0 Å². The summed E-state index contributed by atoms with van der Waals surface area (Å²) < 4.78 is 5.26. The second-order valence-electron chi connectivity index (χ2n) is 8.82. The van der Waals surface area contributed by atoms with Gasteiger partial charge in [0.2, 0.25) is 0 Å². The van der Waals surface area contributed by atoms with Crippen LogP contribution in [0.1, 0.15) is 36.0 Å². The average Bonchev–Trinajstić information content (AvgIpc) is 3.37. The Morgan fingerprint density at radius 1 is 1.06 bits per heavy atom. The van der Waals surface area contributed by atoms with E-state index in [0.717, 1.165) is 31.2 Å². The van der Waals surface area contributed by atoms with Crippen molar-refractivity contribution in [3.8, 4) is 33.8 Å². The Labute approximate surface area is 207 Å². The van der Waals surface area contributed by atoms with Gasteiger partial charge in [0.15, 0.2) is 0 Å². The van der Waals surface area contributed by atoms with Crippen molar-refractivity contribution in [2.45, 2.75) is 31.7 Å². The SMILES string of the molecule is COc1cccc(-c2c(O)c3cc(-c4ccc(C(=O)NC5CCCC5)cc4)c(Cl)cc3[nH]c2=O)c1. The van der Waals surface area contributed by atoms with Gasteiger partial charge in [-0.25, -0.2) is 0 Å². The second-order valence-corrected chi connectivity index (χ2v) is 9.23. The molecule has 1 aromatic heterocycles. The third-order valence-corrected chi connectivity index (χ3v) is 6.89. The fraction of sp³-hybridized carbons (Fsp3) is 0.214. The molecule has 178 valence electrons. The lowest BCUT2D eigenvalue weighted by Gasteiger charge is -2.13. The molecule has 0 radical (unpaired) electrons. The normalized spacial score (nSPS) is 13.8. The number of carbonyl (C=O) groups is 1. The Kier molecular flexibility index (Phi) is 6.22. The smallest absolute Gasteiger partial charge is 0.260 e. The summed E-state index contributed by atoms with van der Waals surface area (Å²) in [5.41, 5.74) is 2.77. The molecular weight excluding hydrogens is 464 g/mol. The van der Waals surface area contributed by atoms with Crippen LogP contribution in [0.15, 0.2) is 65.5 Å². The molecule has 6 nitrogen and oxygen atoms in total. The number of rotatable bonds is 5. The van der Waals surface area contributed by atoms with Gasteiger partial charge in [-0.2, -0.15) is 0 Å². The quantitative estimate of drug-likeness (QED) is 0.326. The zero-order chi connectivity index (χ0) is 24.5. The first-order valence-corrected chi connectivity index (χ1v) is 12.0. The van der Waals surface area contributed by atoms with Crippen LogP contribution in [0.5, 0.6) is 11.5 Å². The lowest BCUT2D eigenvalue weighted by atomic mass is 9.98. The van der Waals surface area contributed by atoms with Crippen molar-refractivity contribution < 1.29 is 14.6 Å². The van der Waals surface area contributed by atoms with Gasteiger partial charge in [-0.05, 0) is 60.4 Å². The molecule has 1 aliphatic rings. The molecule has 0 unspecified atom stereocenters. The van der Waals surface area contributed by atoms with Gasteiger partial charge in [0.05, 0.1) is 23.2 Å². The molecule has 4 aromatic rings. The maximum Gasteiger partial charge on any atom is 0.260 e. The minimum atomic E-state index is -0.426. The third-order valence-electron chi connectivity index (χ3n) is 6.58. The van der Waals surface area contributed by atoms with Gasteiger partial charge in [0.25, 0.3) is 11.5 Å². The standard InChI is InChI=1S/C28H25ClN2O4/c1-35-20-8-4-5-18(13-20)25-26(32)22-14-21(23(29)15-24(22)31-28(25)34)16-9-11-17(12-10-16)27(33)30-19-6-2-3-7-19/h4-5,8-15,19H,2-3,6-7H2,1H3,(H,30,33)(H2,31,32,34). The summed E-state index contributed by atoms with van der Waals surface area (Å²) in [5.74, 6) is 0.365. The van der Waals surface area contributed by atoms with Crippen molar-refractivity contribution in [1.82, 2.24) is 10.3 Å². The van der Waals surface area contributed by atoms with Gasteiger partial charge in [-0.3, -0.25) is 9.59 Å². The number of fused-ring (bicyclic) bond motifs is 1. The van der Waals surface area contributed by atoms with Crippen molar-refractivity contribution in [3.05, 3.63) is 81.6 Å². The summed E-state index contributed by atoms with van der Waals surface area (Å²) in [4.78, 5) is 28.2. The molecule has 0 spiro atoms. The molecule has 3 aromatic carbocycles. The lowest BCUT2D eigenvalue weighted by Crippen LogP contribution is -2.32. The Bertz CT molecular complexity index is 1470. The number of pyridine rings is 1. The number of aromatic hydroxyl groups is 1. The first kappa shape index (κ1) is 23.0. The molecule has 1 saturated carbocycles. The van der Waals surface area contributed by atoms with E-state index < -0.39 is 5.56 Å². The van der Waals surface area contributed by atoms with Crippen molar-refractivity contribution in [2.75, 3.05) is 7.11 Å². The topological polar surface area (TPSA) is 91.4 Å². The minimum absolute atomic E-state index is 0.0776. The van der Waals surface area contributed by atoms with Crippen LogP contribution >= 0.6 is 11.6 Å². The number of amides is 1. The number of nitrogens with one attached hydrogen (secondary N) is 2. The second kappa shape index (κ2) is 9.47. The van der Waals surface area contributed by atoms with Gasteiger partial charge in [-0.1, -0.05) is 48.7 Å². The van der Waals surface area contributed by atoms with Gasteiger partial charge in [0.1, 0.15) is 11.5 Å². The van der Waals surface area contributed by atoms with E-state index in [0.29, 0.717) is 38.4 Å². The number of hydrogen-bond donors (Lipinski definition) is 3. The van der Waals surface area contributed by atoms with Crippen LogP contribution in [0.2, 0.25) is 5.02 Å². The number of ether oxygens (including phenoxy) is 1. The molecule has 0 saturated heterocycles. The fourth-order valence-electron chi connectivity index (χ4n) is 4.71. The van der Waals surface area contributed by atoms with Crippen molar-refractivity contribution in [1.29, 1.82) is 0 Å². The number of halogens is 1. The maximum atomic E-state index is 12.8. The molecule has 7 heteroatoms. The van der Waals surface area contributed by atoms with E-state index in [1.807, 2.05) is 12.1 Å². The highest BCUT2D eigenvalue weighted by Gasteiger charge is 2.19. The Hall–Kier alpha value is -3.77. The van der Waals surface area contributed by atoms with Crippen molar-refractivity contribution in [3.63, 3.8) is 0 Å². The Balaban J connectivity index is 1.52. The predicted octanol–water partition coefficient (Wildman–Crippen LogP) is 5.90. The zero-order valence-electron chi connectivity index (χ0n) is 19.2. The summed E-state index contributed by atoms with van der Waals surface area (Å²) in [6, 6.07) is 17.8. The predicted molar refractivity (Wildman–Crippen MR) is 138 cm³/mol. The largest absolute Gasteiger partial charge is 0.506 e. The van der Waals surface area contributed by atoms with E-state index >= 15 is 0 Å². The van der Waals surface area contributed by atoms with Crippen LogP contribution in [0, 0.1) is 0 Å². The van der Waals surface area contributed by atoms with E-state index in [2.05, 4.69) is 10.3 Å². The third kappa shape index (κ3) is 4.49. The molecule has 0 bridgehead atoms. The number of benzene rings is 3. The first-order chi connectivity index (χ1) is 16.9. The van der Waals surface area contributed by atoms with Crippen LogP contribution in [-0.4, -0.2) is 29.1 Å². The molecule has 35 heavy (non-hydrogen) atoms. The van der Waals surface area contributed by atoms with Crippen LogP contribution < -0.4 is 15.6 Å². The Morgan fingerprint density at radius 2 is 1.80 bits per heavy atom. The monoisotopic (exact) mass is 488 g/mol. The molecule has 5 rings (SSSR count). The first-order valence-electron chi connectivity index (χ1n) is 11.6. The summed E-state index contributed by atoms with van der Waals surface area (Å²) in [5, 5.41) is 15.1. The van der Waals surface area contributed by atoms with Gasteiger partial charge in [0, 0.05) is 22.6 Å². The van der Waals surface area contributed by atoms with Crippen molar-refractivity contribution >= 4 is 28.4 Å². The van der Waals surface area contributed by atoms with E-state index in [9.17, 15) is 14.7 Å². The molecule has 0 aliphatic heterocycles. The van der Waals surface area contributed by atoms with E-state index in [4.69, 9.17) is 16.3 Å². The van der Waals surface area contributed by atoms with Gasteiger partial charge >= 0.3 is 0 Å². The summed E-state index contributed by atoms with van der Waals surface area (Å²) in [7, 11) is 1.54. The summed E-state index contributed by atoms with van der Waals surface area (Å²) in [6.45, 7) is 0. The summed E-state index contributed by atoms with van der Waals surface area (Å²) in [6.07, 6.45) is 4.36. The number of H-pyrrole nitrogens is 1. The molecule has 1 heterocycles. The molecule has 3 N–H and O–H groups in total. The van der Waals surface area contributed by atoms with Crippen LogP contribution in [0.25, 0.3) is 33.2 Å². The van der Waals surface area contributed by atoms with Gasteiger partial charge < -0.3 is 20.1 Å². The highest BCUT2D eigenvalue weighted by molar-refractivity contribution is 6.34. The van der Waals surface area contributed by atoms with Crippen molar-refractivity contribution in [2.24, 2.45) is 0 Å². The number of aromatic amines is 1. The van der Waals surface area contributed by atoms with Crippen LogP contribution in [0.4, 0.5) is 0 Å². The fourth-order valence-corrected chi connectivity index (χ4v) is 4.98. The number of aromatic nitrogens is 1. The van der Waals surface area contributed by atoms with E-state index in [1.54, 1.807) is 55.6 Å². The van der Waals surface area contributed by atoms with E-state index in [-0.39, 0.29) is 23.3 Å². The molecule has 1 aliphatic carbocycles. The molecular formula is C28H25ClN2O4. The van der Waals surface area contributed by atoms with Gasteiger partial charge in [-0.15, -0.1) is 0 Å². The highest BCUT2D eigenvalue weighted by Crippen LogP contribution is 2.38. The lowest BCUT2D eigenvalue weighted by molar-refractivity contribution is 0.0938. The number of carbonyl (C=O) groups excluding carboxylic acids is 1. The molecule has 1 amide bonds. The van der Waals surface area contributed by atoms with Crippen LogP contribution in [0.3, 0.4) is 0 Å². The highest BCUT2D eigenvalue weighted by atomic mass is 35.5. The average molecular weight is 489 g/mol. The molecule has 0 atom stereocenters. The zero-order valence-corrected chi connectivity index (χ0v) is 20.0. The number of hydrogen-bond acceptors (Lipinski definition) is 4. The Morgan fingerprint density at radius 3 is 2.51 bits per heavy atom. The van der Waals surface area contributed by atoms with Crippen LogP contribution in [-0.2, 0) is 0 Å². The number of methoxy groups -OCH3 is 1. The molecule has 1 fully saturated rings. The maximum absolute atomic E-state index is 12.8.